The molecule has 0 radical (unpaired) electrons. The molecule has 0 bridgehead atoms. The SMILES string of the molecule is CN(C)c1ccc(-c2ncc(-c3n[nH]c(=S)o3)s2)cc1. The Labute approximate surface area is 124 Å². The summed E-state index contributed by atoms with van der Waals surface area (Å²) >= 11 is 6.39. The fourth-order valence-electron chi connectivity index (χ4n) is 1.74. The summed E-state index contributed by atoms with van der Waals surface area (Å²) in [6.07, 6.45) is 1.74. The fraction of sp³-hybridized carbons (Fsp3) is 0.154. The average molecular weight is 304 g/mol. The molecule has 102 valence electrons. The minimum Gasteiger partial charge on any atom is -0.408 e. The monoisotopic (exact) mass is 304 g/mol. The van der Waals surface area contributed by atoms with Crippen molar-refractivity contribution in [3.8, 4) is 21.3 Å². The highest BCUT2D eigenvalue weighted by atomic mass is 32.1. The molecule has 0 aliphatic carbocycles. The van der Waals surface area contributed by atoms with E-state index in [1.165, 1.54) is 11.3 Å². The van der Waals surface area contributed by atoms with Crippen LogP contribution in [-0.2, 0) is 0 Å². The van der Waals surface area contributed by atoms with Crippen LogP contribution in [0.3, 0.4) is 0 Å². The second-order valence-corrected chi connectivity index (χ2v) is 5.79. The second kappa shape index (κ2) is 5.18. The van der Waals surface area contributed by atoms with E-state index in [9.17, 15) is 0 Å². The van der Waals surface area contributed by atoms with Gasteiger partial charge in [-0.1, -0.05) is 0 Å². The summed E-state index contributed by atoms with van der Waals surface area (Å²) < 4.78 is 5.28. The number of nitrogens with one attached hydrogen (secondary N) is 1. The molecule has 1 N–H and O–H groups in total. The Morgan fingerprint density at radius 1 is 1.25 bits per heavy atom. The lowest BCUT2D eigenvalue weighted by Crippen LogP contribution is -2.07. The Kier molecular flexibility index (Phi) is 3.37. The van der Waals surface area contributed by atoms with Gasteiger partial charge in [0.15, 0.2) is 0 Å². The van der Waals surface area contributed by atoms with Gasteiger partial charge >= 0.3 is 0 Å². The molecule has 20 heavy (non-hydrogen) atoms. The van der Waals surface area contributed by atoms with Gasteiger partial charge in [-0.05, 0) is 36.5 Å². The average Bonchev–Trinajstić information content (AvgIpc) is 3.07. The lowest BCUT2D eigenvalue weighted by molar-refractivity contribution is 0.553. The van der Waals surface area contributed by atoms with E-state index in [0.717, 1.165) is 21.1 Å². The van der Waals surface area contributed by atoms with E-state index in [-0.39, 0.29) is 4.84 Å². The largest absolute Gasteiger partial charge is 0.408 e. The third kappa shape index (κ3) is 2.50. The van der Waals surface area contributed by atoms with Crippen molar-refractivity contribution in [1.82, 2.24) is 15.2 Å². The normalized spacial score (nSPS) is 10.7. The molecule has 7 heteroatoms. The quantitative estimate of drug-likeness (QED) is 0.749. The van der Waals surface area contributed by atoms with Gasteiger partial charge in [-0.15, -0.1) is 16.4 Å². The molecule has 3 aromatic rings. The van der Waals surface area contributed by atoms with Gasteiger partial charge in [-0.2, -0.15) is 0 Å². The van der Waals surface area contributed by atoms with Gasteiger partial charge < -0.3 is 9.32 Å². The Bertz CT molecular complexity index is 770. The first kappa shape index (κ1) is 13.0. The highest BCUT2D eigenvalue weighted by Crippen LogP contribution is 2.31. The Morgan fingerprint density at radius 2 is 2.00 bits per heavy atom. The van der Waals surface area contributed by atoms with Crippen molar-refractivity contribution in [1.29, 1.82) is 0 Å². The standard InChI is InChI=1S/C13H12N4OS2/c1-17(2)9-5-3-8(4-6-9)12-14-7-10(20-12)11-15-16-13(19)18-11/h3-7H,1-2H3,(H,16,19). The predicted octanol–water partition coefficient (Wildman–Crippen LogP) is 3.59. The zero-order valence-corrected chi connectivity index (χ0v) is 12.6. The summed E-state index contributed by atoms with van der Waals surface area (Å²) in [5.41, 5.74) is 2.23. The van der Waals surface area contributed by atoms with E-state index in [1.54, 1.807) is 6.20 Å². The molecular formula is C13H12N4OS2. The van der Waals surface area contributed by atoms with Crippen LogP contribution in [0.25, 0.3) is 21.3 Å². The minimum absolute atomic E-state index is 0.269. The van der Waals surface area contributed by atoms with Gasteiger partial charge in [0, 0.05) is 25.3 Å². The highest BCUT2D eigenvalue weighted by molar-refractivity contribution is 7.71. The van der Waals surface area contributed by atoms with Crippen LogP contribution in [0.2, 0.25) is 0 Å². The van der Waals surface area contributed by atoms with Crippen molar-refractivity contribution in [2.24, 2.45) is 0 Å². The Hall–Kier alpha value is -1.99. The van der Waals surface area contributed by atoms with Gasteiger partial charge in [0.25, 0.3) is 10.7 Å². The topological polar surface area (TPSA) is 58.0 Å². The molecule has 0 saturated heterocycles. The number of rotatable bonds is 3. The summed E-state index contributed by atoms with van der Waals surface area (Å²) in [6.45, 7) is 0. The number of nitrogens with zero attached hydrogens (tertiary/aromatic N) is 3. The zero-order valence-electron chi connectivity index (χ0n) is 11.0. The molecule has 0 aliphatic rings. The predicted molar refractivity (Wildman–Crippen MR) is 82.6 cm³/mol. The number of hydrogen-bond donors (Lipinski definition) is 1. The maximum atomic E-state index is 5.28. The summed E-state index contributed by atoms with van der Waals surface area (Å²) in [5, 5.41) is 7.53. The van der Waals surface area contributed by atoms with Crippen molar-refractivity contribution in [3.63, 3.8) is 0 Å². The van der Waals surface area contributed by atoms with Crippen molar-refractivity contribution < 1.29 is 4.42 Å². The van der Waals surface area contributed by atoms with E-state index in [4.69, 9.17) is 16.6 Å². The maximum Gasteiger partial charge on any atom is 0.284 e. The second-order valence-electron chi connectivity index (χ2n) is 4.39. The molecule has 0 unspecified atom stereocenters. The molecule has 5 nitrogen and oxygen atoms in total. The lowest BCUT2D eigenvalue weighted by atomic mass is 10.2. The zero-order chi connectivity index (χ0) is 14.1. The molecule has 0 saturated carbocycles. The van der Waals surface area contributed by atoms with E-state index in [2.05, 4.69) is 44.3 Å². The molecule has 0 amide bonds. The van der Waals surface area contributed by atoms with Crippen LogP contribution < -0.4 is 4.90 Å². The molecule has 2 aromatic heterocycles. The minimum atomic E-state index is 0.269. The van der Waals surface area contributed by atoms with Crippen LogP contribution in [-0.4, -0.2) is 29.3 Å². The molecule has 0 spiro atoms. The third-order valence-corrected chi connectivity index (χ3v) is 3.99. The van der Waals surface area contributed by atoms with Gasteiger partial charge in [0.05, 0.1) is 6.20 Å². The first-order chi connectivity index (χ1) is 9.63. The van der Waals surface area contributed by atoms with Crippen LogP contribution in [0.15, 0.2) is 34.9 Å². The molecule has 0 aliphatic heterocycles. The molecule has 0 fully saturated rings. The van der Waals surface area contributed by atoms with Crippen molar-refractivity contribution >= 4 is 29.2 Å². The molecule has 0 atom stereocenters. The number of aromatic amines is 1. The van der Waals surface area contributed by atoms with Crippen LogP contribution in [0, 0.1) is 4.84 Å². The van der Waals surface area contributed by atoms with Crippen molar-refractivity contribution in [2.75, 3.05) is 19.0 Å². The number of thiazole rings is 1. The third-order valence-electron chi connectivity index (χ3n) is 2.79. The van der Waals surface area contributed by atoms with Gasteiger partial charge in [-0.25, -0.2) is 10.1 Å². The van der Waals surface area contributed by atoms with Crippen molar-refractivity contribution in [2.45, 2.75) is 0 Å². The number of anilines is 1. The number of benzene rings is 1. The van der Waals surface area contributed by atoms with Crippen molar-refractivity contribution in [3.05, 3.63) is 35.3 Å². The van der Waals surface area contributed by atoms with Crippen LogP contribution >= 0.6 is 23.6 Å². The number of hydrogen-bond acceptors (Lipinski definition) is 6. The van der Waals surface area contributed by atoms with Gasteiger partial charge in [0.1, 0.15) is 9.88 Å². The highest BCUT2D eigenvalue weighted by Gasteiger charge is 2.10. The van der Waals surface area contributed by atoms with E-state index >= 15 is 0 Å². The summed E-state index contributed by atoms with van der Waals surface area (Å²) in [4.78, 5) is 7.58. The molecule has 2 heterocycles. The van der Waals surface area contributed by atoms with Gasteiger partial charge in [-0.3, -0.25) is 0 Å². The molecular weight excluding hydrogens is 292 g/mol. The first-order valence-electron chi connectivity index (χ1n) is 5.93. The lowest BCUT2D eigenvalue weighted by Gasteiger charge is -2.11. The van der Waals surface area contributed by atoms with Crippen LogP contribution in [0.1, 0.15) is 0 Å². The van der Waals surface area contributed by atoms with Gasteiger partial charge in [0.2, 0.25) is 0 Å². The number of H-pyrrole nitrogens is 1. The summed E-state index contributed by atoms with van der Waals surface area (Å²) in [6, 6.07) is 8.24. The first-order valence-corrected chi connectivity index (χ1v) is 7.15. The fourth-order valence-corrected chi connectivity index (χ4v) is 2.72. The van der Waals surface area contributed by atoms with E-state index < -0.39 is 0 Å². The summed E-state index contributed by atoms with van der Waals surface area (Å²) in [7, 11) is 4.03. The molecule has 1 aromatic carbocycles. The Balaban J connectivity index is 1.91. The Morgan fingerprint density at radius 3 is 2.60 bits per heavy atom. The smallest absolute Gasteiger partial charge is 0.284 e. The van der Waals surface area contributed by atoms with Crippen LogP contribution in [0.5, 0.6) is 0 Å². The maximum absolute atomic E-state index is 5.28. The van der Waals surface area contributed by atoms with E-state index in [0.29, 0.717) is 5.89 Å². The summed E-state index contributed by atoms with van der Waals surface area (Å²) in [5.74, 6) is 0.476. The van der Waals surface area contributed by atoms with Crippen LogP contribution in [0.4, 0.5) is 5.69 Å². The molecule has 3 rings (SSSR count). The number of aromatic nitrogens is 3. The van der Waals surface area contributed by atoms with E-state index in [1.807, 2.05) is 14.1 Å².